The average molecular weight is 185 g/mol. The van der Waals surface area contributed by atoms with E-state index in [9.17, 15) is 10.2 Å². The predicted molar refractivity (Wildman–Crippen MR) is 50.4 cm³/mol. The van der Waals surface area contributed by atoms with Crippen molar-refractivity contribution in [3.05, 3.63) is 0 Å². The van der Waals surface area contributed by atoms with Crippen molar-refractivity contribution in [2.24, 2.45) is 5.92 Å². The second-order valence-corrected chi connectivity index (χ2v) is 4.35. The number of hydrogen-bond acceptors (Lipinski definition) is 3. The van der Waals surface area contributed by atoms with E-state index in [4.69, 9.17) is 0 Å². The zero-order valence-electron chi connectivity index (χ0n) is 8.19. The van der Waals surface area contributed by atoms with E-state index in [0.29, 0.717) is 0 Å². The Balaban J connectivity index is 2.08. The van der Waals surface area contributed by atoms with Gasteiger partial charge in [-0.25, -0.2) is 0 Å². The molecule has 0 aromatic heterocycles. The van der Waals surface area contributed by atoms with Crippen LogP contribution in [0.2, 0.25) is 0 Å². The summed E-state index contributed by atoms with van der Waals surface area (Å²) in [5.74, 6) is 0.268. The van der Waals surface area contributed by atoms with Gasteiger partial charge < -0.3 is 10.2 Å². The third-order valence-electron chi connectivity index (χ3n) is 3.63. The van der Waals surface area contributed by atoms with E-state index in [-0.39, 0.29) is 12.0 Å². The maximum Gasteiger partial charge on any atom is 0.0956 e. The van der Waals surface area contributed by atoms with Crippen LogP contribution in [0.3, 0.4) is 0 Å². The van der Waals surface area contributed by atoms with Gasteiger partial charge in [0.25, 0.3) is 0 Å². The van der Waals surface area contributed by atoms with Crippen molar-refractivity contribution >= 4 is 0 Å². The number of aliphatic hydroxyl groups is 2. The van der Waals surface area contributed by atoms with E-state index in [0.717, 1.165) is 25.9 Å². The van der Waals surface area contributed by atoms with Crippen LogP contribution in [0.15, 0.2) is 0 Å². The van der Waals surface area contributed by atoms with Gasteiger partial charge in [-0.2, -0.15) is 0 Å². The van der Waals surface area contributed by atoms with E-state index in [1.165, 1.54) is 6.42 Å². The fourth-order valence-corrected chi connectivity index (χ4v) is 2.75. The summed E-state index contributed by atoms with van der Waals surface area (Å²) in [6.45, 7) is 4.15. The molecule has 0 bridgehead atoms. The zero-order valence-corrected chi connectivity index (χ0v) is 8.19. The number of hydrogen-bond donors (Lipinski definition) is 2. The molecule has 0 aliphatic carbocycles. The number of nitrogens with zero attached hydrogens (tertiary/aromatic N) is 1. The zero-order chi connectivity index (χ0) is 9.42. The summed E-state index contributed by atoms with van der Waals surface area (Å²) in [4.78, 5) is 2.34. The third-order valence-corrected chi connectivity index (χ3v) is 3.63. The fourth-order valence-electron chi connectivity index (χ4n) is 2.75. The highest BCUT2D eigenvalue weighted by Crippen LogP contribution is 2.31. The maximum absolute atomic E-state index is 9.86. The van der Waals surface area contributed by atoms with Gasteiger partial charge in [0.05, 0.1) is 12.2 Å². The van der Waals surface area contributed by atoms with Crippen molar-refractivity contribution < 1.29 is 10.2 Å². The van der Waals surface area contributed by atoms with E-state index in [1.54, 1.807) is 0 Å². The van der Waals surface area contributed by atoms with E-state index in [1.807, 2.05) is 0 Å². The normalized spacial score (nSPS) is 46.4. The molecule has 3 nitrogen and oxygen atoms in total. The van der Waals surface area contributed by atoms with Gasteiger partial charge in [-0.3, -0.25) is 4.90 Å². The molecule has 2 fully saturated rings. The Morgan fingerprint density at radius 3 is 2.77 bits per heavy atom. The molecule has 0 amide bonds. The smallest absolute Gasteiger partial charge is 0.0956 e. The Morgan fingerprint density at radius 1 is 1.31 bits per heavy atom. The van der Waals surface area contributed by atoms with Crippen LogP contribution in [0.5, 0.6) is 0 Å². The molecule has 13 heavy (non-hydrogen) atoms. The highest BCUT2D eigenvalue weighted by atomic mass is 16.3. The molecule has 0 spiro atoms. The molecule has 4 unspecified atom stereocenters. The SMILES string of the molecule is CCC1CN2CCCC2C(O)C1O. The monoisotopic (exact) mass is 185 g/mol. The number of piperidine rings is 1. The van der Waals surface area contributed by atoms with Crippen LogP contribution in [0.4, 0.5) is 0 Å². The van der Waals surface area contributed by atoms with Gasteiger partial charge in [-0.05, 0) is 31.7 Å². The topological polar surface area (TPSA) is 43.7 Å². The third kappa shape index (κ3) is 1.49. The lowest BCUT2D eigenvalue weighted by atomic mass is 9.86. The average Bonchev–Trinajstić information content (AvgIpc) is 2.59. The quantitative estimate of drug-likeness (QED) is 0.614. The minimum Gasteiger partial charge on any atom is -0.390 e. The molecule has 2 aliphatic heterocycles. The summed E-state index contributed by atoms with van der Waals surface area (Å²) < 4.78 is 0. The Labute approximate surface area is 79.4 Å². The molecular weight excluding hydrogens is 166 g/mol. The molecule has 3 heteroatoms. The molecule has 0 aromatic carbocycles. The van der Waals surface area contributed by atoms with Crippen molar-refractivity contribution in [3.63, 3.8) is 0 Å². The highest BCUT2D eigenvalue weighted by molar-refractivity contribution is 4.96. The maximum atomic E-state index is 9.86. The first-order chi connectivity index (χ1) is 6.24. The minimum absolute atomic E-state index is 0.234. The van der Waals surface area contributed by atoms with Crippen molar-refractivity contribution in [2.75, 3.05) is 13.1 Å². The minimum atomic E-state index is -0.513. The summed E-state index contributed by atoms with van der Waals surface area (Å²) >= 11 is 0. The van der Waals surface area contributed by atoms with E-state index < -0.39 is 12.2 Å². The number of fused-ring (bicyclic) bond motifs is 1. The summed E-state index contributed by atoms with van der Waals surface area (Å²) in [6.07, 6.45) is 2.17. The van der Waals surface area contributed by atoms with Gasteiger partial charge >= 0.3 is 0 Å². The summed E-state index contributed by atoms with van der Waals surface area (Å²) in [5.41, 5.74) is 0. The molecular formula is C10H19NO2. The van der Waals surface area contributed by atoms with Gasteiger partial charge in [0.15, 0.2) is 0 Å². The first-order valence-electron chi connectivity index (χ1n) is 5.34. The molecule has 0 aromatic rings. The van der Waals surface area contributed by atoms with Crippen LogP contribution < -0.4 is 0 Å². The van der Waals surface area contributed by atoms with Gasteiger partial charge in [0, 0.05) is 12.6 Å². The van der Waals surface area contributed by atoms with E-state index in [2.05, 4.69) is 11.8 Å². The molecule has 4 atom stereocenters. The summed E-state index contributed by atoms with van der Waals surface area (Å²) in [7, 11) is 0. The van der Waals surface area contributed by atoms with Crippen molar-refractivity contribution in [1.82, 2.24) is 4.90 Å². The lowest BCUT2D eigenvalue weighted by molar-refractivity contribution is -0.0962. The summed E-state index contributed by atoms with van der Waals surface area (Å²) in [6, 6.07) is 0.234. The number of rotatable bonds is 1. The van der Waals surface area contributed by atoms with Gasteiger partial charge in [0.2, 0.25) is 0 Å². The van der Waals surface area contributed by atoms with Crippen molar-refractivity contribution in [3.8, 4) is 0 Å². The molecule has 76 valence electrons. The van der Waals surface area contributed by atoms with Crippen LogP contribution in [0, 0.1) is 5.92 Å². The molecule has 0 radical (unpaired) electrons. The first kappa shape index (κ1) is 9.44. The lowest BCUT2D eigenvalue weighted by Crippen LogP contribution is -2.56. The standard InChI is InChI=1S/C10H19NO2/c1-2-7-6-11-5-3-4-8(11)10(13)9(7)12/h7-10,12-13H,2-6H2,1H3. The van der Waals surface area contributed by atoms with Crippen molar-refractivity contribution in [1.29, 1.82) is 0 Å². The lowest BCUT2D eigenvalue weighted by Gasteiger charge is -2.42. The molecule has 2 aliphatic rings. The molecule has 2 heterocycles. The highest BCUT2D eigenvalue weighted by Gasteiger charge is 2.42. The van der Waals surface area contributed by atoms with Crippen LogP contribution in [-0.2, 0) is 0 Å². The second kappa shape index (κ2) is 3.56. The van der Waals surface area contributed by atoms with Crippen LogP contribution in [0.1, 0.15) is 26.2 Å². The molecule has 0 saturated carbocycles. The van der Waals surface area contributed by atoms with Crippen LogP contribution in [-0.4, -0.2) is 46.5 Å². The van der Waals surface area contributed by atoms with Gasteiger partial charge in [-0.1, -0.05) is 6.92 Å². The second-order valence-electron chi connectivity index (χ2n) is 4.35. The van der Waals surface area contributed by atoms with E-state index >= 15 is 0 Å². The van der Waals surface area contributed by atoms with Gasteiger partial charge in [0.1, 0.15) is 0 Å². The Kier molecular flexibility index (Phi) is 2.58. The molecule has 2 saturated heterocycles. The first-order valence-corrected chi connectivity index (χ1v) is 5.34. The van der Waals surface area contributed by atoms with Crippen LogP contribution in [0.25, 0.3) is 0 Å². The number of aliphatic hydroxyl groups excluding tert-OH is 2. The molecule has 2 N–H and O–H groups in total. The Bertz CT molecular complexity index is 186. The summed E-state index contributed by atoms with van der Waals surface area (Å²) in [5, 5.41) is 19.7. The predicted octanol–water partition coefficient (Wildman–Crippen LogP) is 0.212. The Morgan fingerprint density at radius 2 is 2.08 bits per heavy atom. The largest absolute Gasteiger partial charge is 0.390 e. The fraction of sp³-hybridized carbons (Fsp3) is 1.00. The van der Waals surface area contributed by atoms with Gasteiger partial charge in [-0.15, -0.1) is 0 Å². The van der Waals surface area contributed by atoms with Crippen molar-refractivity contribution in [2.45, 2.75) is 44.4 Å². The molecule has 2 rings (SSSR count). The Hall–Kier alpha value is -0.120. The van der Waals surface area contributed by atoms with Crippen LogP contribution >= 0.6 is 0 Å².